The van der Waals surface area contributed by atoms with Crippen molar-refractivity contribution in [1.82, 2.24) is 0 Å². The van der Waals surface area contributed by atoms with Gasteiger partial charge in [0.05, 0.1) is 11.1 Å². The highest BCUT2D eigenvalue weighted by Gasteiger charge is 2.39. The monoisotopic (exact) mass is 270 g/mol. The molecule has 0 N–H and O–H groups in total. The van der Waals surface area contributed by atoms with Gasteiger partial charge in [-0.3, -0.25) is 4.79 Å². The highest BCUT2D eigenvalue weighted by atomic mass is 19.4. The van der Waals surface area contributed by atoms with E-state index in [1.807, 2.05) is 0 Å². The van der Waals surface area contributed by atoms with Crippen molar-refractivity contribution in [3.05, 3.63) is 34.4 Å². The van der Waals surface area contributed by atoms with Crippen LogP contribution in [0.25, 0.3) is 0 Å². The maximum atomic E-state index is 12.6. The van der Waals surface area contributed by atoms with Crippen molar-refractivity contribution in [2.24, 2.45) is 0 Å². The molecule has 0 fully saturated rings. The number of benzene rings is 1. The van der Waals surface area contributed by atoms with E-state index in [0.717, 1.165) is 13.8 Å². The molecule has 1 rings (SSSR count). The zero-order chi connectivity index (χ0) is 14.3. The largest absolute Gasteiger partial charge is 0.417 e. The number of hydrogen-bond acceptors (Lipinski definition) is 1. The van der Waals surface area contributed by atoms with Gasteiger partial charge in [-0.1, -0.05) is 0 Å². The molecule has 0 bridgehead atoms. The van der Waals surface area contributed by atoms with Gasteiger partial charge >= 0.3 is 12.4 Å². The fourth-order valence-corrected chi connectivity index (χ4v) is 1.54. The normalized spacial score (nSPS) is 12.7. The molecule has 0 aliphatic carbocycles. The van der Waals surface area contributed by atoms with Crippen LogP contribution in [0.2, 0.25) is 0 Å². The lowest BCUT2D eigenvalue weighted by Crippen LogP contribution is -2.16. The molecule has 0 aliphatic heterocycles. The molecule has 0 saturated carbocycles. The van der Waals surface area contributed by atoms with Gasteiger partial charge in [-0.2, -0.15) is 26.3 Å². The fourth-order valence-electron chi connectivity index (χ4n) is 1.54. The molecule has 0 heterocycles. The smallest absolute Gasteiger partial charge is 0.294 e. The van der Waals surface area contributed by atoms with E-state index in [1.54, 1.807) is 0 Å². The number of ketones is 1. The van der Waals surface area contributed by atoms with E-state index < -0.39 is 40.4 Å². The number of aryl methyl sites for hydroxylation is 1. The number of carbonyl (C=O) groups excluding carboxylic acids is 1. The predicted molar refractivity (Wildman–Crippen MR) is 51.2 cm³/mol. The van der Waals surface area contributed by atoms with Crippen LogP contribution in [0.3, 0.4) is 0 Å². The first-order chi connectivity index (χ1) is 7.94. The Balaban J connectivity index is 3.60. The molecule has 18 heavy (non-hydrogen) atoms. The molecule has 1 aromatic carbocycles. The summed E-state index contributed by atoms with van der Waals surface area (Å²) < 4.78 is 75.3. The number of halogens is 6. The minimum Gasteiger partial charge on any atom is -0.294 e. The van der Waals surface area contributed by atoms with Crippen molar-refractivity contribution < 1.29 is 31.1 Å². The van der Waals surface area contributed by atoms with Gasteiger partial charge in [0.15, 0.2) is 5.78 Å². The van der Waals surface area contributed by atoms with Crippen LogP contribution < -0.4 is 0 Å². The van der Waals surface area contributed by atoms with Crippen molar-refractivity contribution in [2.75, 3.05) is 0 Å². The van der Waals surface area contributed by atoms with E-state index >= 15 is 0 Å². The van der Waals surface area contributed by atoms with Crippen LogP contribution in [0.4, 0.5) is 26.3 Å². The van der Waals surface area contributed by atoms with Crippen LogP contribution in [0, 0.1) is 6.92 Å². The van der Waals surface area contributed by atoms with E-state index in [1.165, 1.54) is 0 Å². The maximum Gasteiger partial charge on any atom is 0.417 e. The Morgan fingerprint density at radius 2 is 1.39 bits per heavy atom. The van der Waals surface area contributed by atoms with Gasteiger partial charge in [-0.25, -0.2) is 0 Å². The summed E-state index contributed by atoms with van der Waals surface area (Å²) in [5, 5.41) is 0. The number of alkyl halides is 6. The highest BCUT2D eigenvalue weighted by Crippen LogP contribution is 2.38. The third-order valence-corrected chi connectivity index (χ3v) is 2.35. The van der Waals surface area contributed by atoms with Crippen molar-refractivity contribution in [2.45, 2.75) is 26.2 Å². The summed E-state index contributed by atoms with van der Waals surface area (Å²) in [4.78, 5) is 11.0. The summed E-state index contributed by atoms with van der Waals surface area (Å²) in [7, 11) is 0. The lowest BCUT2D eigenvalue weighted by Gasteiger charge is -2.16. The lowest BCUT2D eigenvalue weighted by atomic mass is 9.96. The highest BCUT2D eigenvalue weighted by molar-refractivity contribution is 5.96. The van der Waals surface area contributed by atoms with Gasteiger partial charge in [0, 0.05) is 5.56 Å². The molecular weight excluding hydrogens is 262 g/mol. The molecule has 1 nitrogen and oxygen atoms in total. The first kappa shape index (κ1) is 14.5. The van der Waals surface area contributed by atoms with E-state index in [9.17, 15) is 31.1 Å². The van der Waals surface area contributed by atoms with Crippen LogP contribution in [0.1, 0.15) is 34.0 Å². The number of rotatable bonds is 1. The molecule has 7 heteroatoms. The molecule has 0 radical (unpaired) electrons. The van der Waals surface area contributed by atoms with Crippen molar-refractivity contribution >= 4 is 5.78 Å². The number of carbonyl (C=O) groups is 1. The quantitative estimate of drug-likeness (QED) is 0.551. The van der Waals surface area contributed by atoms with Crippen molar-refractivity contribution in [3.8, 4) is 0 Å². The van der Waals surface area contributed by atoms with Crippen LogP contribution in [0.15, 0.2) is 12.1 Å². The summed E-state index contributed by atoms with van der Waals surface area (Å²) in [5.74, 6) is -1.06. The van der Waals surface area contributed by atoms with Crippen LogP contribution in [0.5, 0.6) is 0 Å². The molecular formula is C11H8F6O. The van der Waals surface area contributed by atoms with Gasteiger partial charge in [0.2, 0.25) is 0 Å². The summed E-state index contributed by atoms with van der Waals surface area (Å²) in [6.45, 7) is 1.71. The Morgan fingerprint density at radius 3 is 1.72 bits per heavy atom. The Kier molecular flexibility index (Phi) is 3.47. The molecule has 0 aliphatic rings. The summed E-state index contributed by atoms with van der Waals surface area (Å²) in [5.41, 5.74) is -4.12. The molecule has 0 atom stereocenters. The zero-order valence-corrected chi connectivity index (χ0v) is 9.33. The third kappa shape index (κ3) is 2.83. The molecule has 0 spiro atoms. The number of hydrogen-bond donors (Lipinski definition) is 0. The average Bonchev–Trinajstić information content (AvgIpc) is 2.13. The van der Waals surface area contributed by atoms with Crippen LogP contribution in [-0.2, 0) is 12.4 Å². The molecule has 1 aromatic rings. The SMILES string of the molecule is CC(=O)c1cc(C(F)(F)F)c(C)cc1C(F)(F)F. The zero-order valence-electron chi connectivity index (χ0n) is 9.33. The van der Waals surface area contributed by atoms with E-state index in [4.69, 9.17) is 0 Å². The van der Waals surface area contributed by atoms with Gasteiger partial charge in [0.1, 0.15) is 0 Å². The van der Waals surface area contributed by atoms with Crippen molar-refractivity contribution in [3.63, 3.8) is 0 Å². The topological polar surface area (TPSA) is 17.1 Å². The molecule has 100 valence electrons. The minimum absolute atomic E-state index is 0.250. The first-order valence-corrected chi connectivity index (χ1v) is 4.74. The minimum atomic E-state index is -4.87. The third-order valence-electron chi connectivity index (χ3n) is 2.35. The Bertz CT molecular complexity index is 484. The molecule has 0 amide bonds. The van der Waals surface area contributed by atoms with Crippen molar-refractivity contribution in [1.29, 1.82) is 0 Å². The van der Waals surface area contributed by atoms with E-state index in [2.05, 4.69) is 0 Å². The second-order valence-corrected chi connectivity index (χ2v) is 3.76. The van der Waals surface area contributed by atoms with Gasteiger partial charge in [-0.05, 0) is 31.5 Å². The standard InChI is InChI=1S/C11H8F6O/c1-5-3-9(11(15,16)17)7(6(2)18)4-8(5)10(12,13)14/h3-4H,1-2H3. The van der Waals surface area contributed by atoms with Gasteiger partial charge < -0.3 is 0 Å². The maximum absolute atomic E-state index is 12.6. The first-order valence-electron chi connectivity index (χ1n) is 4.74. The Hall–Kier alpha value is -1.53. The molecule has 0 aromatic heterocycles. The lowest BCUT2D eigenvalue weighted by molar-refractivity contribution is -0.141. The Labute approximate surface area is 98.4 Å². The Morgan fingerprint density at radius 1 is 0.944 bits per heavy atom. The molecule has 0 saturated heterocycles. The second-order valence-electron chi connectivity index (χ2n) is 3.76. The number of Topliss-reactive ketones (excluding diaryl/α,β-unsaturated/α-hetero) is 1. The van der Waals surface area contributed by atoms with Crippen LogP contribution >= 0.6 is 0 Å². The second kappa shape index (κ2) is 4.29. The summed E-state index contributed by atoms with van der Waals surface area (Å²) in [6.07, 6.45) is -9.66. The summed E-state index contributed by atoms with van der Waals surface area (Å²) >= 11 is 0. The van der Waals surface area contributed by atoms with Gasteiger partial charge in [-0.15, -0.1) is 0 Å². The average molecular weight is 270 g/mol. The van der Waals surface area contributed by atoms with Gasteiger partial charge in [0.25, 0.3) is 0 Å². The molecule has 0 unspecified atom stereocenters. The predicted octanol–water partition coefficient (Wildman–Crippen LogP) is 4.24. The summed E-state index contributed by atoms with van der Waals surface area (Å²) in [6, 6.07) is 0.597. The van der Waals surface area contributed by atoms with Crippen LogP contribution in [-0.4, -0.2) is 5.78 Å². The van der Waals surface area contributed by atoms with E-state index in [0.29, 0.717) is 6.07 Å². The van der Waals surface area contributed by atoms with E-state index in [-0.39, 0.29) is 6.07 Å². The fraction of sp³-hybridized carbons (Fsp3) is 0.364.